The van der Waals surface area contributed by atoms with E-state index in [0.717, 1.165) is 19.0 Å². The van der Waals surface area contributed by atoms with E-state index < -0.39 is 0 Å². The second-order valence-electron chi connectivity index (χ2n) is 4.50. The molecule has 0 bridgehead atoms. The molecule has 1 aromatic heterocycles. The molecule has 2 N–H and O–H groups in total. The topological polar surface area (TPSA) is 29.3 Å². The molecule has 4 heteroatoms. The fourth-order valence-corrected chi connectivity index (χ4v) is 3.82. The molecule has 1 aliphatic heterocycles. The van der Waals surface area contributed by atoms with Crippen LogP contribution in [0.2, 0.25) is 0 Å². The van der Waals surface area contributed by atoms with Gasteiger partial charge in [0.1, 0.15) is 0 Å². The molecule has 0 amide bonds. The Morgan fingerprint density at radius 2 is 2.33 bits per heavy atom. The summed E-state index contributed by atoms with van der Waals surface area (Å²) in [6.45, 7) is 5.56. The summed E-state index contributed by atoms with van der Waals surface area (Å²) in [6, 6.07) is 4.67. The van der Waals surface area contributed by atoms with Crippen LogP contribution in [0.5, 0.6) is 0 Å². The average molecular weight is 289 g/mol. The first-order valence-electron chi connectivity index (χ1n) is 5.35. The largest absolute Gasteiger partial charge is 0.327 e. The molecule has 2 nitrogen and oxygen atoms in total. The van der Waals surface area contributed by atoms with E-state index in [-0.39, 0.29) is 0 Å². The lowest BCUT2D eigenvalue weighted by Crippen LogP contribution is -2.45. The van der Waals surface area contributed by atoms with Gasteiger partial charge in [-0.05, 0) is 40.4 Å². The van der Waals surface area contributed by atoms with Gasteiger partial charge >= 0.3 is 0 Å². The molecule has 15 heavy (non-hydrogen) atoms. The fourth-order valence-electron chi connectivity index (χ4n) is 2.30. The van der Waals surface area contributed by atoms with E-state index >= 15 is 0 Å². The lowest BCUT2D eigenvalue weighted by molar-refractivity contribution is 0.159. The van der Waals surface area contributed by atoms with Gasteiger partial charge in [0.2, 0.25) is 0 Å². The summed E-state index contributed by atoms with van der Waals surface area (Å²) in [7, 11) is 0. The number of hydrogen-bond donors (Lipinski definition) is 1. The molecule has 2 unspecified atom stereocenters. The Labute approximate surface area is 104 Å². The van der Waals surface area contributed by atoms with Crippen LogP contribution < -0.4 is 5.73 Å². The Hall–Kier alpha value is 0.1000. The van der Waals surface area contributed by atoms with E-state index in [1.54, 1.807) is 0 Å². The number of halogens is 1. The molecule has 2 rings (SSSR count). The lowest BCUT2D eigenvalue weighted by atomic mass is 9.97. The first-order chi connectivity index (χ1) is 7.13. The van der Waals surface area contributed by atoms with Crippen molar-refractivity contribution in [3.8, 4) is 0 Å². The maximum atomic E-state index is 6.03. The number of hydrogen-bond acceptors (Lipinski definition) is 3. The molecular formula is C11H17BrN2S. The van der Waals surface area contributed by atoms with Gasteiger partial charge in [-0.3, -0.25) is 4.90 Å². The molecule has 1 aromatic rings. The average Bonchev–Trinajstić information content (AvgIpc) is 2.49. The number of nitrogens with two attached hydrogens (primary N) is 1. The van der Waals surface area contributed by atoms with Crippen LogP contribution in [-0.4, -0.2) is 24.0 Å². The Morgan fingerprint density at radius 3 is 2.93 bits per heavy atom. The summed E-state index contributed by atoms with van der Waals surface area (Å²) < 4.78 is 1.21. The zero-order valence-electron chi connectivity index (χ0n) is 8.95. The van der Waals surface area contributed by atoms with Gasteiger partial charge in [0.25, 0.3) is 0 Å². The Balaban J connectivity index is 1.94. The van der Waals surface area contributed by atoms with Crippen molar-refractivity contribution in [2.75, 3.05) is 13.1 Å². The van der Waals surface area contributed by atoms with E-state index in [9.17, 15) is 0 Å². The minimum Gasteiger partial charge on any atom is -0.327 e. The highest BCUT2D eigenvalue weighted by molar-refractivity contribution is 9.11. The summed E-state index contributed by atoms with van der Waals surface area (Å²) in [6.07, 6.45) is 1.17. The van der Waals surface area contributed by atoms with Crippen molar-refractivity contribution >= 4 is 27.3 Å². The van der Waals surface area contributed by atoms with Gasteiger partial charge < -0.3 is 5.73 Å². The van der Waals surface area contributed by atoms with Crippen LogP contribution in [0.3, 0.4) is 0 Å². The molecule has 84 valence electrons. The van der Waals surface area contributed by atoms with E-state index in [1.165, 1.54) is 21.6 Å². The standard InChI is InChI=1S/C11H17BrN2S/c1-8-4-9(13)6-14(5-8)7-10-2-3-11(12)15-10/h2-3,8-9H,4-7,13H2,1H3. The van der Waals surface area contributed by atoms with Crippen molar-refractivity contribution in [3.63, 3.8) is 0 Å². The second kappa shape index (κ2) is 4.95. The summed E-state index contributed by atoms with van der Waals surface area (Å²) >= 11 is 5.31. The quantitative estimate of drug-likeness (QED) is 0.907. The highest BCUT2D eigenvalue weighted by atomic mass is 79.9. The smallest absolute Gasteiger partial charge is 0.0701 e. The number of piperidine rings is 1. The maximum absolute atomic E-state index is 6.03. The first-order valence-corrected chi connectivity index (χ1v) is 6.96. The van der Waals surface area contributed by atoms with Gasteiger partial charge in [0.15, 0.2) is 0 Å². The molecule has 2 heterocycles. The molecule has 1 aliphatic rings. The SMILES string of the molecule is CC1CC(N)CN(Cc2ccc(Br)s2)C1. The predicted molar refractivity (Wildman–Crippen MR) is 69.1 cm³/mol. The summed E-state index contributed by atoms with van der Waals surface area (Å²) in [5.41, 5.74) is 6.03. The fraction of sp³-hybridized carbons (Fsp3) is 0.636. The molecule has 0 saturated carbocycles. The third-order valence-corrected chi connectivity index (χ3v) is 4.38. The first kappa shape index (κ1) is 11.6. The Kier molecular flexibility index (Phi) is 3.83. The third kappa shape index (κ3) is 3.28. The van der Waals surface area contributed by atoms with E-state index in [4.69, 9.17) is 5.73 Å². The minimum absolute atomic E-state index is 0.358. The van der Waals surface area contributed by atoms with Gasteiger partial charge in [-0.1, -0.05) is 6.92 Å². The summed E-state index contributed by atoms with van der Waals surface area (Å²) in [4.78, 5) is 3.89. The predicted octanol–water partition coefficient (Wildman–Crippen LogP) is 2.68. The number of nitrogens with zero attached hydrogens (tertiary/aromatic N) is 1. The van der Waals surface area contributed by atoms with Crippen molar-refractivity contribution < 1.29 is 0 Å². The van der Waals surface area contributed by atoms with Crippen LogP contribution in [0.1, 0.15) is 18.2 Å². The van der Waals surface area contributed by atoms with Crippen LogP contribution in [-0.2, 0) is 6.54 Å². The van der Waals surface area contributed by atoms with E-state index in [0.29, 0.717) is 6.04 Å². The molecule has 0 aromatic carbocycles. The number of likely N-dealkylation sites (tertiary alicyclic amines) is 1. The van der Waals surface area contributed by atoms with Crippen molar-refractivity contribution in [1.82, 2.24) is 4.90 Å². The van der Waals surface area contributed by atoms with Gasteiger partial charge in [0, 0.05) is 30.6 Å². The number of rotatable bonds is 2. The zero-order valence-corrected chi connectivity index (χ0v) is 11.4. The lowest BCUT2D eigenvalue weighted by Gasteiger charge is -2.34. The minimum atomic E-state index is 0.358. The van der Waals surface area contributed by atoms with Crippen LogP contribution in [0, 0.1) is 5.92 Å². The Bertz CT molecular complexity index is 316. The van der Waals surface area contributed by atoms with Crippen LogP contribution >= 0.6 is 27.3 Å². The highest BCUT2D eigenvalue weighted by Gasteiger charge is 2.22. The van der Waals surface area contributed by atoms with Crippen LogP contribution in [0.15, 0.2) is 15.9 Å². The second-order valence-corrected chi connectivity index (χ2v) is 7.05. The van der Waals surface area contributed by atoms with Crippen molar-refractivity contribution in [2.45, 2.75) is 25.9 Å². The van der Waals surface area contributed by atoms with Crippen molar-refractivity contribution in [2.24, 2.45) is 11.7 Å². The molecule has 1 saturated heterocycles. The number of thiophene rings is 1. The van der Waals surface area contributed by atoms with Crippen LogP contribution in [0.4, 0.5) is 0 Å². The zero-order chi connectivity index (χ0) is 10.8. The van der Waals surface area contributed by atoms with E-state index in [2.05, 4.69) is 39.9 Å². The Morgan fingerprint density at radius 1 is 1.53 bits per heavy atom. The van der Waals surface area contributed by atoms with Crippen molar-refractivity contribution in [1.29, 1.82) is 0 Å². The summed E-state index contributed by atoms with van der Waals surface area (Å²) in [5, 5.41) is 0. The monoisotopic (exact) mass is 288 g/mol. The van der Waals surface area contributed by atoms with Gasteiger partial charge in [0.05, 0.1) is 3.79 Å². The molecular weight excluding hydrogens is 272 g/mol. The van der Waals surface area contributed by atoms with E-state index in [1.807, 2.05) is 11.3 Å². The van der Waals surface area contributed by atoms with Crippen LogP contribution in [0.25, 0.3) is 0 Å². The molecule has 1 fully saturated rings. The normalized spacial score (nSPS) is 28.2. The maximum Gasteiger partial charge on any atom is 0.0701 e. The third-order valence-electron chi connectivity index (χ3n) is 2.78. The van der Waals surface area contributed by atoms with Gasteiger partial charge in [-0.25, -0.2) is 0 Å². The molecule has 0 spiro atoms. The van der Waals surface area contributed by atoms with Gasteiger partial charge in [-0.2, -0.15) is 0 Å². The summed E-state index contributed by atoms with van der Waals surface area (Å²) in [5.74, 6) is 0.733. The molecule has 0 radical (unpaired) electrons. The highest BCUT2D eigenvalue weighted by Crippen LogP contribution is 2.25. The molecule has 0 aliphatic carbocycles. The van der Waals surface area contributed by atoms with Gasteiger partial charge in [-0.15, -0.1) is 11.3 Å². The molecule has 2 atom stereocenters. The van der Waals surface area contributed by atoms with Crippen molar-refractivity contribution in [3.05, 3.63) is 20.8 Å².